The molecule has 0 spiro atoms. The van der Waals surface area contributed by atoms with Crippen molar-refractivity contribution in [3.63, 3.8) is 0 Å². The van der Waals surface area contributed by atoms with Gasteiger partial charge in [-0.15, -0.1) is 49.6 Å². The molecule has 2 amide bonds. The average Bonchev–Trinajstić information content (AvgIpc) is 2.94. The van der Waals surface area contributed by atoms with E-state index in [1.807, 2.05) is 0 Å². The second-order valence-electron chi connectivity index (χ2n) is 3.65. The third-order valence-corrected chi connectivity index (χ3v) is 2.47. The van der Waals surface area contributed by atoms with E-state index in [9.17, 15) is 9.59 Å². The monoisotopic (exact) mass is 547 g/mol. The molecule has 2 aliphatic rings. The Hall–Kier alpha value is 0.168. The molecule has 2 heterocycles. The topological polar surface area (TPSA) is 55.4 Å². The standard InChI is InChI=1S/C8H5NO2.C4H8O.4ClH.W/c10-7-5-3-1-2-4-6(5)8(11)9-7;1-2-4-5-3-1;;;;;/h1-4H,(H,9,10,11);1-4H2;4*1H;. The molecule has 1 fully saturated rings. The van der Waals surface area contributed by atoms with E-state index < -0.39 is 0 Å². The van der Waals surface area contributed by atoms with Gasteiger partial charge in [-0.2, -0.15) is 0 Å². The van der Waals surface area contributed by atoms with Gasteiger partial charge in [0.05, 0.1) is 11.1 Å². The minimum atomic E-state index is -0.300. The van der Waals surface area contributed by atoms with E-state index in [2.05, 4.69) is 5.32 Å². The molecule has 21 heavy (non-hydrogen) atoms. The Morgan fingerprint density at radius 1 is 0.810 bits per heavy atom. The van der Waals surface area contributed by atoms with Crippen molar-refractivity contribution in [2.24, 2.45) is 0 Å². The predicted molar refractivity (Wildman–Crippen MR) is 87.3 cm³/mol. The summed E-state index contributed by atoms with van der Waals surface area (Å²) >= 11 is 0. The third-order valence-electron chi connectivity index (χ3n) is 2.47. The molecule has 1 aromatic carbocycles. The summed E-state index contributed by atoms with van der Waals surface area (Å²) in [4.78, 5) is 21.9. The number of ether oxygens (including phenoxy) is 1. The minimum Gasteiger partial charge on any atom is -0.381 e. The first-order valence-electron chi connectivity index (χ1n) is 5.31. The van der Waals surface area contributed by atoms with Crippen LogP contribution in [0.15, 0.2) is 24.3 Å². The van der Waals surface area contributed by atoms with Gasteiger partial charge in [-0.3, -0.25) is 14.9 Å². The average molecular weight is 549 g/mol. The normalized spacial score (nSPS) is 13.3. The van der Waals surface area contributed by atoms with Gasteiger partial charge < -0.3 is 4.74 Å². The number of hydrogen-bond donors (Lipinski definition) is 1. The molecule has 0 saturated carbocycles. The zero-order chi connectivity index (χ0) is 11.4. The minimum absolute atomic E-state index is 0. The number of hydrogen-bond acceptors (Lipinski definition) is 3. The van der Waals surface area contributed by atoms with Gasteiger partial charge in [-0.25, -0.2) is 0 Å². The summed E-state index contributed by atoms with van der Waals surface area (Å²) in [6, 6.07) is 6.74. The van der Waals surface area contributed by atoms with Crippen LogP contribution >= 0.6 is 49.6 Å². The molecular formula is C12H17Cl4NO3W. The SMILES string of the molecule is C1CCOC1.Cl.Cl.Cl.Cl.O=C1NC(=O)c2ccccc21.[W]. The zero-order valence-electron chi connectivity index (χ0n) is 10.9. The van der Waals surface area contributed by atoms with Gasteiger partial charge in [-0.1, -0.05) is 12.1 Å². The van der Waals surface area contributed by atoms with Crippen molar-refractivity contribution in [2.45, 2.75) is 12.8 Å². The van der Waals surface area contributed by atoms with Crippen molar-refractivity contribution in [3.8, 4) is 0 Å². The van der Waals surface area contributed by atoms with E-state index in [-0.39, 0.29) is 82.5 Å². The number of amides is 2. The molecule has 1 saturated heterocycles. The Balaban J connectivity index is -0.000000129. The van der Waals surface area contributed by atoms with Crippen LogP contribution in [0.4, 0.5) is 0 Å². The Kier molecular flexibility index (Phi) is 21.0. The summed E-state index contributed by atoms with van der Waals surface area (Å²) in [5.41, 5.74) is 0.940. The van der Waals surface area contributed by atoms with E-state index in [0.29, 0.717) is 11.1 Å². The van der Waals surface area contributed by atoms with Crippen molar-refractivity contribution >= 4 is 61.4 Å². The summed E-state index contributed by atoms with van der Waals surface area (Å²) in [7, 11) is 0. The van der Waals surface area contributed by atoms with Gasteiger partial charge >= 0.3 is 0 Å². The van der Waals surface area contributed by atoms with E-state index in [1.165, 1.54) is 12.8 Å². The van der Waals surface area contributed by atoms with Crippen LogP contribution in [0.2, 0.25) is 0 Å². The first-order valence-corrected chi connectivity index (χ1v) is 5.31. The van der Waals surface area contributed by atoms with E-state index in [1.54, 1.807) is 24.3 Å². The molecule has 2 aliphatic heterocycles. The van der Waals surface area contributed by atoms with Gasteiger partial charge in [0, 0.05) is 34.3 Å². The maximum atomic E-state index is 10.9. The molecule has 1 N–H and O–H groups in total. The Morgan fingerprint density at radius 3 is 1.48 bits per heavy atom. The Labute approximate surface area is 163 Å². The Morgan fingerprint density at radius 2 is 1.19 bits per heavy atom. The molecule has 122 valence electrons. The first-order chi connectivity index (χ1) is 7.79. The van der Waals surface area contributed by atoms with Crippen molar-refractivity contribution in [1.82, 2.24) is 5.32 Å². The number of carbonyl (C=O) groups is 2. The summed E-state index contributed by atoms with van der Waals surface area (Å²) in [5, 5.41) is 2.20. The summed E-state index contributed by atoms with van der Waals surface area (Å²) in [6.07, 6.45) is 2.56. The van der Waals surface area contributed by atoms with Crippen molar-refractivity contribution in [3.05, 3.63) is 35.4 Å². The number of rotatable bonds is 0. The molecule has 0 atom stereocenters. The van der Waals surface area contributed by atoms with Crippen LogP contribution < -0.4 is 5.32 Å². The number of benzene rings is 1. The molecule has 0 bridgehead atoms. The molecule has 0 aromatic heterocycles. The number of nitrogens with one attached hydrogen (secondary N) is 1. The molecule has 1 aromatic rings. The molecule has 9 heteroatoms. The van der Waals surface area contributed by atoms with Gasteiger partial charge in [0.15, 0.2) is 0 Å². The molecule has 3 rings (SSSR count). The van der Waals surface area contributed by atoms with Crippen molar-refractivity contribution < 1.29 is 35.4 Å². The molecule has 0 radical (unpaired) electrons. The van der Waals surface area contributed by atoms with Crippen LogP contribution in [0, 0.1) is 0 Å². The van der Waals surface area contributed by atoms with Crippen LogP contribution in [0.5, 0.6) is 0 Å². The fraction of sp³-hybridized carbons (Fsp3) is 0.333. The van der Waals surface area contributed by atoms with Crippen LogP contribution in [-0.4, -0.2) is 25.0 Å². The van der Waals surface area contributed by atoms with Crippen LogP contribution in [-0.2, 0) is 25.8 Å². The molecule has 4 nitrogen and oxygen atoms in total. The van der Waals surface area contributed by atoms with E-state index >= 15 is 0 Å². The number of halogens is 4. The van der Waals surface area contributed by atoms with E-state index in [4.69, 9.17) is 4.74 Å². The largest absolute Gasteiger partial charge is 0.381 e. The van der Waals surface area contributed by atoms with Gasteiger partial charge in [0.2, 0.25) is 0 Å². The zero-order valence-corrected chi connectivity index (χ0v) is 17.1. The second kappa shape index (κ2) is 15.1. The summed E-state index contributed by atoms with van der Waals surface area (Å²) < 4.78 is 4.94. The fourth-order valence-electron chi connectivity index (χ4n) is 1.63. The van der Waals surface area contributed by atoms with Gasteiger partial charge in [-0.05, 0) is 25.0 Å². The second-order valence-corrected chi connectivity index (χ2v) is 3.65. The van der Waals surface area contributed by atoms with Gasteiger partial charge in [0.1, 0.15) is 0 Å². The number of carbonyl (C=O) groups excluding carboxylic acids is 2. The van der Waals surface area contributed by atoms with Crippen LogP contribution in [0.25, 0.3) is 0 Å². The van der Waals surface area contributed by atoms with E-state index in [0.717, 1.165) is 13.2 Å². The van der Waals surface area contributed by atoms with Crippen molar-refractivity contribution in [1.29, 1.82) is 0 Å². The number of fused-ring (bicyclic) bond motifs is 1. The molecular weight excluding hydrogens is 532 g/mol. The van der Waals surface area contributed by atoms with Gasteiger partial charge in [0.25, 0.3) is 11.8 Å². The smallest absolute Gasteiger partial charge is 0.258 e. The summed E-state index contributed by atoms with van der Waals surface area (Å²) in [6.45, 7) is 2.00. The first kappa shape index (κ1) is 29.2. The molecule has 0 aliphatic carbocycles. The maximum absolute atomic E-state index is 10.9. The summed E-state index contributed by atoms with van der Waals surface area (Å²) in [5.74, 6) is -0.601. The quantitative estimate of drug-likeness (QED) is 0.507. The Bertz CT molecular complexity index is 390. The third kappa shape index (κ3) is 8.39. The molecule has 0 unspecified atom stereocenters. The predicted octanol–water partition coefficient (Wildman–Crippen LogP) is 3.05. The maximum Gasteiger partial charge on any atom is 0.258 e. The van der Waals surface area contributed by atoms with Crippen molar-refractivity contribution in [2.75, 3.05) is 13.2 Å². The fourth-order valence-corrected chi connectivity index (χ4v) is 1.63. The number of imide groups is 1. The van der Waals surface area contributed by atoms with Crippen LogP contribution in [0.1, 0.15) is 33.6 Å². The van der Waals surface area contributed by atoms with Crippen LogP contribution in [0.3, 0.4) is 0 Å².